The highest BCUT2D eigenvalue weighted by Crippen LogP contribution is 2.22. The second-order valence-corrected chi connectivity index (χ2v) is 9.78. The van der Waals surface area contributed by atoms with Crippen molar-refractivity contribution < 1.29 is 18.4 Å². The Kier molecular flexibility index (Phi) is 8.93. The molecule has 2 aromatic heterocycles. The van der Waals surface area contributed by atoms with Gasteiger partial charge in [-0.15, -0.1) is 11.3 Å². The van der Waals surface area contributed by atoms with Crippen molar-refractivity contribution in [2.45, 2.75) is 18.4 Å². The molecule has 1 aliphatic heterocycles. The van der Waals surface area contributed by atoms with E-state index in [4.69, 9.17) is 5.73 Å². The summed E-state index contributed by atoms with van der Waals surface area (Å²) >= 11 is -0.855. The number of para-hydroxylation sites is 1. The van der Waals surface area contributed by atoms with Crippen molar-refractivity contribution >= 4 is 56.0 Å². The van der Waals surface area contributed by atoms with Gasteiger partial charge < -0.3 is 30.8 Å². The van der Waals surface area contributed by atoms with Gasteiger partial charge in [-0.2, -0.15) is 0 Å². The van der Waals surface area contributed by atoms with Gasteiger partial charge in [0.25, 0.3) is 0 Å². The summed E-state index contributed by atoms with van der Waals surface area (Å²) in [5.74, 6) is -0.287. The molecule has 4 aromatic rings. The topological polar surface area (TPSA) is 160 Å². The number of piperazine rings is 1. The summed E-state index contributed by atoms with van der Waals surface area (Å²) in [7, 11) is 0. The van der Waals surface area contributed by atoms with E-state index >= 15 is 0 Å². The van der Waals surface area contributed by atoms with Crippen LogP contribution in [0.15, 0.2) is 71.2 Å². The maximum Gasteiger partial charge on any atom is 0.246 e. The van der Waals surface area contributed by atoms with Crippen LogP contribution in [-0.2, 0) is 27.2 Å². The molecule has 5 rings (SSSR count). The van der Waals surface area contributed by atoms with E-state index in [0.29, 0.717) is 23.9 Å². The second kappa shape index (κ2) is 11.9. The zero-order valence-electron chi connectivity index (χ0n) is 19.7. The molecule has 0 radical (unpaired) electrons. The number of anilines is 2. The average Bonchev–Trinajstić information content (AvgIpc) is 3.46. The van der Waals surface area contributed by atoms with Crippen LogP contribution in [0.5, 0.6) is 0 Å². The van der Waals surface area contributed by atoms with Crippen LogP contribution < -0.4 is 16.8 Å². The van der Waals surface area contributed by atoms with Crippen molar-refractivity contribution in [3.05, 3.63) is 71.9 Å². The van der Waals surface area contributed by atoms with E-state index in [0.717, 1.165) is 16.5 Å². The summed E-state index contributed by atoms with van der Waals surface area (Å²) in [5.41, 5.74) is 7.92. The van der Waals surface area contributed by atoms with Crippen LogP contribution in [0.25, 0.3) is 10.9 Å². The summed E-state index contributed by atoms with van der Waals surface area (Å²) in [4.78, 5) is 32.4. The first-order valence-corrected chi connectivity index (χ1v) is 12.8. The van der Waals surface area contributed by atoms with Crippen LogP contribution in [0.4, 0.5) is 10.8 Å². The number of hydrogen-bond donors (Lipinski definition) is 2. The van der Waals surface area contributed by atoms with Crippen molar-refractivity contribution in [3.8, 4) is 0 Å². The fourth-order valence-electron chi connectivity index (χ4n) is 3.94. The van der Waals surface area contributed by atoms with Crippen LogP contribution in [0.3, 0.4) is 0 Å². The number of thiazole rings is 1. The maximum atomic E-state index is 12.8. The lowest BCUT2D eigenvalue weighted by Gasteiger charge is -2.34. The molecular weight excluding hydrogens is 500 g/mol. The highest BCUT2D eigenvalue weighted by Gasteiger charge is 2.28. The zero-order valence-corrected chi connectivity index (χ0v) is 21.3. The highest BCUT2D eigenvalue weighted by molar-refractivity contribution is 7.79. The molecule has 0 aliphatic carbocycles. The third kappa shape index (κ3) is 6.15. The Hall–Kier alpha value is -3.58. The smallest absolute Gasteiger partial charge is 0.246 e. The number of amides is 2. The minimum atomic E-state index is -2.30. The Balaban J connectivity index is 0.000000453. The molecule has 2 aromatic carbocycles. The Bertz CT molecular complexity index is 1350. The summed E-state index contributed by atoms with van der Waals surface area (Å²) in [6, 6.07) is 14.1. The monoisotopic (exact) mass is 527 g/mol. The average molecular weight is 528 g/mol. The Morgan fingerprint density at radius 2 is 1.89 bits per heavy atom. The molecule has 0 spiro atoms. The molecule has 5 N–H and O–H groups in total. The number of rotatable bonds is 4. The number of nitrogen functional groups attached to an aromatic ring is 1. The quantitative estimate of drug-likeness (QED) is 0.386. The predicted octanol–water partition coefficient (Wildman–Crippen LogP) is 2.95. The molecule has 1 fully saturated rings. The number of fused-ring (bicyclic) bond motifs is 1. The third-order valence-corrected chi connectivity index (χ3v) is 6.92. The van der Waals surface area contributed by atoms with Gasteiger partial charge >= 0.3 is 0 Å². The predicted molar refractivity (Wildman–Crippen MR) is 141 cm³/mol. The fourth-order valence-corrected chi connectivity index (χ4v) is 4.68. The molecule has 3 heterocycles. The molecular formula is C24H27N6O4S2-. The highest BCUT2D eigenvalue weighted by atomic mass is 32.2. The first-order chi connectivity index (χ1) is 16.8. The summed E-state index contributed by atoms with van der Waals surface area (Å²) in [6.07, 6.45) is 3.64. The molecule has 10 nitrogen and oxygen atoms in total. The van der Waals surface area contributed by atoms with Crippen molar-refractivity contribution in [1.82, 2.24) is 20.6 Å². The maximum absolute atomic E-state index is 12.8. The number of hydrogen-bond acceptors (Lipinski definition) is 8. The van der Waals surface area contributed by atoms with Gasteiger partial charge in [0.2, 0.25) is 11.8 Å². The van der Waals surface area contributed by atoms with Crippen molar-refractivity contribution in [3.63, 3.8) is 0 Å². The number of carbonyl (C=O) groups excluding carboxylic acids is 2. The third-order valence-electron chi connectivity index (χ3n) is 5.66. The van der Waals surface area contributed by atoms with Gasteiger partial charge in [-0.1, -0.05) is 18.2 Å². The molecule has 2 amide bonds. The van der Waals surface area contributed by atoms with Crippen LogP contribution in [0.1, 0.15) is 5.56 Å². The van der Waals surface area contributed by atoms with E-state index < -0.39 is 11.1 Å². The number of aromatic nitrogens is 2. The standard InChI is InChI=1S/C21H21N3O4S.C3H4N2S.H3N/c1-15-12-23(19-5-3-2-4-18(15)19)13-20(25)22-10-11-24(21(26)14-22)16-6-8-17(9-7-16)29(27)28;4-3-5-1-2-6-3;/h2-9,12H,10-11,13-14H2,1H3,(H,27,28);1-2H,(H2,4,5);1H3/p-1. The first-order valence-electron chi connectivity index (χ1n) is 10.8. The number of benzene rings is 2. The number of nitrogens with zero attached hydrogens (tertiary/aromatic N) is 4. The lowest BCUT2D eigenvalue weighted by molar-refractivity contribution is -0.137. The van der Waals surface area contributed by atoms with Crippen LogP contribution in [0.2, 0.25) is 0 Å². The van der Waals surface area contributed by atoms with E-state index in [2.05, 4.69) is 4.98 Å². The van der Waals surface area contributed by atoms with Gasteiger partial charge in [0.15, 0.2) is 5.13 Å². The molecule has 190 valence electrons. The van der Waals surface area contributed by atoms with Crippen LogP contribution >= 0.6 is 11.3 Å². The summed E-state index contributed by atoms with van der Waals surface area (Å²) in [5, 5.41) is 3.59. The molecule has 0 saturated carbocycles. The molecule has 0 bridgehead atoms. The van der Waals surface area contributed by atoms with Gasteiger partial charge in [0, 0.05) is 52.3 Å². The van der Waals surface area contributed by atoms with E-state index in [1.165, 1.54) is 23.5 Å². The lowest BCUT2D eigenvalue weighted by Crippen LogP contribution is -2.53. The number of nitrogens with two attached hydrogens (primary N) is 1. The van der Waals surface area contributed by atoms with Gasteiger partial charge in [-0.25, -0.2) is 4.98 Å². The zero-order chi connectivity index (χ0) is 24.9. The van der Waals surface area contributed by atoms with Gasteiger partial charge in [-0.05, 0) is 53.9 Å². The SMILES string of the molecule is Cc1cn(CC(=O)N2CCN(c3ccc(S(=O)[O-])cc3)C(=O)C2)c2ccccc12.N.Nc1nccs1. The second-order valence-electron chi connectivity index (χ2n) is 7.92. The van der Waals surface area contributed by atoms with Crippen molar-refractivity contribution in [2.75, 3.05) is 30.3 Å². The Morgan fingerprint density at radius 3 is 2.47 bits per heavy atom. The van der Waals surface area contributed by atoms with Crippen LogP contribution in [0, 0.1) is 6.92 Å². The summed E-state index contributed by atoms with van der Waals surface area (Å²) in [6.45, 7) is 3.00. The first kappa shape index (κ1) is 27.0. The molecule has 1 saturated heterocycles. The molecule has 1 unspecified atom stereocenters. The van der Waals surface area contributed by atoms with Gasteiger partial charge in [0.1, 0.15) is 13.1 Å². The van der Waals surface area contributed by atoms with E-state index in [1.807, 2.05) is 47.3 Å². The van der Waals surface area contributed by atoms with Crippen molar-refractivity contribution in [2.24, 2.45) is 0 Å². The van der Waals surface area contributed by atoms with Crippen LogP contribution in [-0.4, -0.2) is 54.7 Å². The van der Waals surface area contributed by atoms with E-state index in [1.54, 1.807) is 28.1 Å². The molecule has 1 aliphatic rings. The van der Waals surface area contributed by atoms with E-state index in [-0.39, 0.29) is 35.9 Å². The minimum absolute atomic E-state index is 0. The Morgan fingerprint density at radius 1 is 1.17 bits per heavy atom. The number of aryl methyl sites for hydroxylation is 1. The molecule has 12 heteroatoms. The lowest BCUT2D eigenvalue weighted by atomic mass is 10.2. The molecule has 1 atom stereocenters. The number of carbonyl (C=O) groups is 2. The minimum Gasteiger partial charge on any atom is -0.768 e. The normalized spacial score (nSPS) is 14.1. The fraction of sp³-hybridized carbons (Fsp3) is 0.208. The summed E-state index contributed by atoms with van der Waals surface area (Å²) < 4.78 is 23.9. The van der Waals surface area contributed by atoms with Gasteiger partial charge in [0.05, 0.1) is 0 Å². The van der Waals surface area contributed by atoms with Crippen molar-refractivity contribution in [1.29, 1.82) is 0 Å². The molecule has 36 heavy (non-hydrogen) atoms. The van der Waals surface area contributed by atoms with E-state index in [9.17, 15) is 18.4 Å². The Labute approximate surface area is 215 Å². The van der Waals surface area contributed by atoms with Gasteiger partial charge in [-0.3, -0.25) is 13.8 Å². The largest absolute Gasteiger partial charge is 0.768 e.